The molecule has 4 aliphatic carbocycles. The van der Waals surface area contributed by atoms with Crippen LogP contribution in [0.5, 0.6) is 0 Å². The summed E-state index contributed by atoms with van der Waals surface area (Å²) in [6, 6.07) is 97.5. The lowest BCUT2D eigenvalue weighted by Crippen LogP contribution is -2.26. The van der Waals surface area contributed by atoms with E-state index in [0.717, 1.165) is 50.1 Å². The minimum absolute atomic E-state index is 0.526. The van der Waals surface area contributed by atoms with Crippen molar-refractivity contribution in [3.63, 3.8) is 0 Å². The van der Waals surface area contributed by atoms with Gasteiger partial charge in [0.25, 0.3) is 0 Å². The Morgan fingerprint density at radius 2 is 0.649 bits per heavy atom. The van der Waals surface area contributed by atoms with Crippen molar-refractivity contribution in [2.75, 3.05) is 4.90 Å². The molecule has 0 amide bonds. The van der Waals surface area contributed by atoms with Crippen LogP contribution in [0.3, 0.4) is 0 Å². The number of hydrogen-bond donors (Lipinski definition) is 0. The first-order chi connectivity index (χ1) is 36.8. The maximum absolute atomic E-state index is 7.61. The summed E-state index contributed by atoms with van der Waals surface area (Å²) in [5.74, 6) is 0. The number of nitrogens with zero attached hydrogens (tertiary/aromatic N) is 1. The number of fused-ring (bicyclic) bond motifs is 25. The molecule has 12 aromatic carbocycles. The Morgan fingerprint density at radius 1 is 0.270 bits per heavy atom. The molecule has 17 rings (SSSR count). The summed E-state index contributed by atoms with van der Waals surface area (Å²) in [5.41, 5.74) is 26.7. The van der Waals surface area contributed by atoms with Crippen molar-refractivity contribution in [2.24, 2.45) is 0 Å². The van der Waals surface area contributed by atoms with Gasteiger partial charge in [-0.25, -0.2) is 0 Å². The lowest BCUT2D eigenvalue weighted by molar-refractivity contribution is 0.670. The van der Waals surface area contributed by atoms with Crippen molar-refractivity contribution < 1.29 is 4.42 Å². The molecular weight excluding hydrogens is 895 g/mol. The SMILES string of the molecule is c1ccc(-c2cc3ccccc3c3c2oc2c(N(c4cccc5c4-c4ccccc4C54c5ccccc5-c5ccccc54)c4cccc5c4-c4ccccc4C54c5ccccc5-c5ccccc54)cccc23)cc1. The predicted octanol–water partition coefficient (Wildman–Crippen LogP) is 18.6. The van der Waals surface area contributed by atoms with Crippen LogP contribution < -0.4 is 4.90 Å². The fourth-order valence-corrected chi connectivity index (χ4v) is 14.7. The first kappa shape index (κ1) is 40.1. The molecule has 0 bridgehead atoms. The van der Waals surface area contributed by atoms with Gasteiger partial charge in [0.15, 0.2) is 5.58 Å². The largest absolute Gasteiger partial charge is 0.453 e. The predicted molar refractivity (Wildman–Crippen MR) is 304 cm³/mol. The molecule has 342 valence electrons. The fourth-order valence-electron chi connectivity index (χ4n) is 14.7. The molecule has 0 aliphatic heterocycles. The summed E-state index contributed by atoms with van der Waals surface area (Å²) in [7, 11) is 0. The smallest absolute Gasteiger partial charge is 0.159 e. The van der Waals surface area contributed by atoms with Gasteiger partial charge in [0, 0.05) is 27.5 Å². The van der Waals surface area contributed by atoms with Gasteiger partial charge in [0.05, 0.1) is 27.9 Å². The Kier molecular flexibility index (Phi) is 7.90. The third kappa shape index (κ3) is 4.82. The molecule has 74 heavy (non-hydrogen) atoms. The minimum atomic E-state index is -0.526. The Bertz CT molecular complexity index is 4290. The Balaban J connectivity index is 1.03. The van der Waals surface area contributed by atoms with Crippen LogP contribution in [0.25, 0.3) is 88.3 Å². The molecule has 0 radical (unpaired) electrons. The Morgan fingerprint density at radius 3 is 1.16 bits per heavy atom. The summed E-state index contributed by atoms with van der Waals surface area (Å²) < 4.78 is 7.61. The van der Waals surface area contributed by atoms with Gasteiger partial charge in [0.2, 0.25) is 0 Å². The van der Waals surface area contributed by atoms with Gasteiger partial charge in [-0.2, -0.15) is 0 Å². The van der Waals surface area contributed by atoms with E-state index in [1.54, 1.807) is 0 Å². The van der Waals surface area contributed by atoms with Crippen LogP contribution in [0.15, 0.2) is 265 Å². The van der Waals surface area contributed by atoms with E-state index in [1.165, 1.54) is 99.8 Å². The van der Waals surface area contributed by atoms with Crippen molar-refractivity contribution >= 4 is 49.8 Å². The lowest BCUT2D eigenvalue weighted by Gasteiger charge is -2.33. The van der Waals surface area contributed by atoms with Crippen molar-refractivity contribution in [3.05, 3.63) is 305 Å². The molecule has 13 aromatic rings. The third-order valence-electron chi connectivity index (χ3n) is 17.3. The number of hydrogen-bond acceptors (Lipinski definition) is 2. The van der Waals surface area contributed by atoms with E-state index in [2.05, 4.69) is 266 Å². The minimum Gasteiger partial charge on any atom is -0.453 e. The van der Waals surface area contributed by atoms with E-state index < -0.39 is 10.8 Å². The second kappa shape index (κ2) is 14.6. The molecular formula is C72H43NO. The maximum atomic E-state index is 7.61. The van der Waals surface area contributed by atoms with Crippen LogP contribution in [-0.4, -0.2) is 0 Å². The van der Waals surface area contributed by atoms with Crippen molar-refractivity contribution in [3.8, 4) is 55.6 Å². The van der Waals surface area contributed by atoms with Crippen LogP contribution in [0.2, 0.25) is 0 Å². The van der Waals surface area contributed by atoms with Gasteiger partial charge in [-0.05, 0) is 118 Å². The molecule has 0 saturated carbocycles. The standard InChI is InChI=1S/C72H43NO/c1-2-21-44(22-3-1)54-43-45-23-4-5-24-46(45)66-53-31-18-42-65(69(53)74-70(54)66)73(63-40-19-38-61-67(63)51-29-10-16-36-59(51)71(61)55-32-12-6-25-47(55)48-26-7-13-33-56(48)71)64-41-20-39-62-68(64)52-30-11-17-37-60(52)72(62)57-34-14-8-27-49(57)50-28-9-15-35-58(50)72/h1-43H. The van der Waals surface area contributed by atoms with Gasteiger partial charge in [-0.15, -0.1) is 0 Å². The summed E-state index contributed by atoms with van der Waals surface area (Å²) in [5, 5.41) is 4.57. The lowest BCUT2D eigenvalue weighted by atomic mass is 9.70. The van der Waals surface area contributed by atoms with Gasteiger partial charge in [-0.1, -0.05) is 237 Å². The zero-order valence-electron chi connectivity index (χ0n) is 40.2. The number of furan rings is 1. The fraction of sp³-hybridized carbons (Fsp3) is 0.0278. The molecule has 0 unspecified atom stereocenters. The highest BCUT2D eigenvalue weighted by Gasteiger charge is 2.54. The van der Waals surface area contributed by atoms with Crippen molar-refractivity contribution in [1.82, 2.24) is 0 Å². The van der Waals surface area contributed by atoms with Crippen molar-refractivity contribution in [1.29, 1.82) is 0 Å². The van der Waals surface area contributed by atoms with Gasteiger partial charge in [0.1, 0.15) is 5.58 Å². The highest BCUT2D eigenvalue weighted by molar-refractivity contribution is 6.24. The zero-order chi connectivity index (χ0) is 48.3. The monoisotopic (exact) mass is 937 g/mol. The van der Waals surface area contributed by atoms with Gasteiger partial charge < -0.3 is 9.32 Å². The molecule has 0 N–H and O–H groups in total. The van der Waals surface area contributed by atoms with Crippen LogP contribution in [0.1, 0.15) is 44.5 Å². The van der Waals surface area contributed by atoms with E-state index in [-0.39, 0.29) is 0 Å². The summed E-state index contributed by atoms with van der Waals surface area (Å²) in [6.45, 7) is 0. The molecule has 2 heteroatoms. The third-order valence-corrected chi connectivity index (χ3v) is 17.3. The zero-order valence-corrected chi connectivity index (χ0v) is 40.2. The Labute approximate surface area is 428 Å². The van der Waals surface area contributed by atoms with Gasteiger partial charge >= 0.3 is 0 Å². The number of rotatable bonds is 4. The quantitative estimate of drug-likeness (QED) is 0.175. The molecule has 4 aliphatic rings. The molecule has 0 saturated heterocycles. The first-order valence-electron chi connectivity index (χ1n) is 25.8. The van der Waals surface area contributed by atoms with E-state index in [9.17, 15) is 0 Å². The average molecular weight is 938 g/mol. The molecule has 2 spiro atoms. The van der Waals surface area contributed by atoms with Crippen LogP contribution in [-0.2, 0) is 10.8 Å². The summed E-state index contributed by atoms with van der Waals surface area (Å²) >= 11 is 0. The van der Waals surface area contributed by atoms with E-state index >= 15 is 0 Å². The highest BCUT2D eigenvalue weighted by atomic mass is 16.3. The topological polar surface area (TPSA) is 16.4 Å². The van der Waals surface area contributed by atoms with Crippen LogP contribution >= 0.6 is 0 Å². The average Bonchev–Trinajstić information content (AvgIpc) is 4.40. The highest BCUT2D eigenvalue weighted by Crippen LogP contribution is 2.68. The molecule has 0 atom stereocenters. The molecule has 1 aromatic heterocycles. The number of anilines is 3. The first-order valence-corrected chi connectivity index (χ1v) is 25.8. The molecule has 1 heterocycles. The maximum Gasteiger partial charge on any atom is 0.159 e. The van der Waals surface area contributed by atoms with E-state index in [1.807, 2.05) is 0 Å². The van der Waals surface area contributed by atoms with Gasteiger partial charge in [-0.3, -0.25) is 0 Å². The van der Waals surface area contributed by atoms with Crippen LogP contribution in [0.4, 0.5) is 17.1 Å². The number of benzene rings is 12. The number of para-hydroxylation sites is 1. The van der Waals surface area contributed by atoms with E-state index in [0.29, 0.717) is 0 Å². The second-order valence-electron chi connectivity index (χ2n) is 20.5. The van der Waals surface area contributed by atoms with E-state index in [4.69, 9.17) is 4.42 Å². The molecule has 2 nitrogen and oxygen atoms in total. The molecule has 0 fully saturated rings. The summed E-state index contributed by atoms with van der Waals surface area (Å²) in [6.07, 6.45) is 0. The van der Waals surface area contributed by atoms with Crippen molar-refractivity contribution in [2.45, 2.75) is 10.8 Å². The Hall–Kier alpha value is -9.50. The van der Waals surface area contributed by atoms with Crippen LogP contribution in [0, 0.1) is 0 Å². The summed E-state index contributed by atoms with van der Waals surface area (Å²) in [4.78, 5) is 2.58. The normalized spacial score (nSPS) is 14.2. The second-order valence-corrected chi connectivity index (χ2v) is 20.5.